The first-order valence-corrected chi connectivity index (χ1v) is 11.9. The van der Waals surface area contributed by atoms with Crippen LogP contribution in [0.15, 0.2) is 48.3 Å². The SMILES string of the molecule is COc1cc(C2/C(=C(\O)c3ccncc3)C(=O)C(=O)N2CCCN(C)C)ccc1OCCC(C)C. The van der Waals surface area contributed by atoms with Crippen molar-refractivity contribution in [1.82, 2.24) is 14.8 Å². The molecule has 0 saturated carbocycles. The summed E-state index contributed by atoms with van der Waals surface area (Å²) in [7, 11) is 5.47. The first-order valence-electron chi connectivity index (χ1n) is 11.9. The summed E-state index contributed by atoms with van der Waals surface area (Å²) in [6.45, 7) is 5.94. The summed E-state index contributed by atoms with van der Waals surface area (Å²) >= 11 is 0. The van der Waals surface area contributed by atoms with E-state index in [1.165, 1.54) is 17.3 Å². The second kappa shape index (κ2) is 11.8. The third kappa shape index (κ3) is 6.19. The molecule has 1 aromatic carbocycles. The number of aliphatic hydroxyl groups is 1. The molecule has 0 bridgehead atoms. The Kier molecular flexibility index (Phi) is 8.87. The first kappa shape index (κ1) is 26.2. The zero-order valence-electron chi connectivity index (χ0n) is 21.2. The van der Waals surface area contributed by atoms with Gasteiger partial charge in [-0.25, -0.2) is 0 Å². The largest absolute Gasteiger partial charge is 0.507 e. The van der Waals surface area contributed by atoms with Gasteiger partial charge < -0.3 is 24.4 Å². The van der Waals surface area contributed by atoms with E-state index in [-0.39, 0.29) is 11.3 Å². The van der Waals surface area contributed by atoms with Gasteiger partial charge >= 0.3 is 0 Å². The molecule has 1 fully saturated rings. The van der Waals surface area contributed by atoms with Crippen molar-refractivity contribution in [3.8, 4) is 11.5 Å². The molecule has 1 aliphatic rings. The number of methoxy groups -OCH3 is 1. The fourth-order valence-electron chi connectivity index (χ4n) is 4.06. The zero-order valence-corrected chi connectivity index (χ0v) is 21.2. The van der Waals surface area contributed by atoms with Crippen molar-refractivity contribution < 1.29 is 24.2 Å². The van der Waals surface area contributed by atoms with E-state index in [1.54, 1.807) is 31.4 Å². The molecule has 1 aliphatic heterocycles. The molecule has 1 saturated heterocycles. The number of amides is 1. The highest BCUT2D eigenvalue weighted by Crippen LogP contribution is 2.42. The van der Waals surface area contributed by atoms with Crippen LogP contribution in [-0.4, -0.2) is 72.5 Å². The summed E-state index contributed by atoms with van der Waals surface area (Å²) in [5.74, 6) is 0.0630. The summed E-state index contributed by atoms with van der Waals surface area (Å²) < 4.78 is 11.5. The van der Waals surface area contributed by atoms with Crippen molar-refractivity contribution in [2.45, 2.75) is 32.7 Å². The number of ether oxygens (including phenoxy) is 2. The highest BCUT2D eigenvalue weighted by atomic mass is 16.5. The molecular weight excluding hydrogens is 446 g/mol. The Bertz CT molecular complexity index is 1070. The van der Waals surface area contributed by atoms with Crippen LogP contribution in [0, 0.1) is 5.92 Å². The molecule has 1 N–H and O–H groups in total. The van der Waals surface area contributed by atoms with Gasteiger partial charge in [-0.05, 0) is 69.2 Å². The number of carbonyl (C=O) groups is 2. The molecular formula is C27H35N3O5. The smallest absolute Gasteiger partial charge is 0.295 e. The van der Waals surface area contributed by atoms with Gasteiger partial charge in [-0.3, -0.25) is 14.6 Å². The van der Waals surface area contributed by atoms with E-state index < -0.39 is 17.7 Å². The van der Waals surface area contributed by atoms with E-state index in [2.05, 4.69) is 18.8 Å². The molecule has 3 rings (SSSR count). The Balaban J connectivity index is 2.04. The van der Waals surface area contributed by atoms with E-state index in [0.717, 1.165) is 13.0 Å². The standard InChI is InChI=1S/C27H35N3O5/c1-18(2)11-16-35-21-8-7-20(17-22(21)34-5)24-23(25(31)19-9-12-28-13-10-19)26(32)27(33)30(24)15-6-14-29(3)4/h7-10,12-13,17-18,24,31H,6,11,14-16H2,1-5H3/b25-23+. The van der Waals surface area contributed by atoms with Gasteiger partial charge in [-0.2, -0.15) is 0 Å². The lowest BCUT2D eigenvalue weighted by Crippen LogP contribution is -2.32. The topological polar surface area (TPSA) is 92.2 Å². The zero-order chi connectivity index (χ0) is 25.5. The number of aliphatic hydroxyl groups excluding tert-OH is 1. The number of hydrogen-bond acceptors (Lipinski definition) is 7. The molecule has 1 amide bonds. The maximum atomic E-state index is 13.1. The van der Waals surface area contributed by atoms with E-state index in [4.69, 9.17) is 9.47 Å². The van der Waals surface area contributed by atoms with Crippen LogP contribution >= 0.6 is 0 Å². The summed E-state index contributed by atoms with van der Waals surface area (Å²) in [5, 5.41) is 11.1. The van der Waals surface area contributed by atoms with E-state index in [0.29, 0.717) is 48.1 Å². The number of Topliss-reactive ketones (excluding diaryl/α,β-unsaturated/α-hetero) is 1. The van der Waals surface area contributed by atoms with E-state index in [9.17, 15) is 14.7 Å². The minimum atomic E-state index is -0.746. The first-order chi connectivity index (χ1) is 16.7. The molecule has 1 aromatic heterocycles. The van der Waals surface area contributed by atoms with Crippen LogP contribution in [0.25, 0.3) is 5.76 Å². The van der Waals surface area contributed by atoms with Crippen molar-refractivity contribution in [3.63, 3.8) is 0 Å². The minimum Gasteiger partial charge on any atom is -0.507 e. The highest BCUT2D eigenvalue weighted by molar-refractivity contribution is 6.46. The lowest BCUT2D eigenvalue weighted by atomic mass is 9.95. The maximum Gasteiger partial charge on any atom is 0.295 e. The number of pyridine rings is 1. The van der Waals surface area contributed by atoms with E-state index in [1.807, 2.05) is 25.1 Å². The molecule has 0 spiro atoms. The monoisotopic (exact) mass is 481 g/mol. The van der Waals surface area contributed by atoms with Crippen LogP contribution in [0.5, 0.6) is 11.5 Å². The maximum absolute atomic E-state index is 13.1. The van der Waals surface area contributed by atoms with Crippen LogP contribution in [0.4, 0.5) is 0 Å². The normalized spacial score (nSPS) is 17.5. The molecule has 0 radical (unpaired) electrons. The Labute approximate surface area is 207 Å². The lowest BCUT2D eigenvalue weighted by molar-refractivity contribution is -0.139. The Morgan fingerprint density at radius 1 is 1.14 bits per heavy atom. The van der Waals surface area contributed by atoms with Gasteiger partial charge in [0.25, 0.3) is 11.7 Å². The number of hydrogen-bond donors (Lipinski definition) is 1. The molecule has 1 unspecified atom stereocenters. The number of carbonyl (C=O) groups excluding carboxylic acids is 2. The summed E-state index contributed by atoms with van der Waals surface area (Å²) in [6, 6.07) is 7.86. The summed E-state index contributed by atoms with van der Waals surface area (Å²) in [4.78, 5) is 33.8. The van der Waals surface area contributed by atoms with Gasteiger partial charge in [-0.1, -0.05) is 19.9 Å². The van der Waals surface area contributed by atoms with Gasteiger partial charge in [0, 0.05) is 24.5 Å². The van der Waals surface area contributed by atoms with E-state index >= 15 is 0 Å². The molecule has 8 heteroatoms. The number of likely N-dealkylation sites (tertiary alicyclic amines) is 1. The Morgan fingerprint density at radius 3 is 2.49 bits per heavy atom. The number of aromatic nitrogens is 1. The number of ketones is 1. The average Bonchev–Trinajstić information content (AvgIpc) is 3.09. The predicted octanol–water partition coefficient (Wildman–Crippen LogP) is 3.89. The van der Waals surface area contributed by atoms with Crippen molar-refractivity contribution >= 4 is 17.4 Å². The fourth-order valence-corrected chi connectivity index (χ4v) is 4.06. The molecule has 2 heterocycles. The summed E-state index contributed by atoms with van der Waals surface area (Å²) in [5.41, 5.74) is 1.15. The van der Waals surface area contributed by atoms with Gasteiger partial charge in [0.1, 0.15) is 5.76 Å². The second-order valence-electron chi connectivity index (χ2n) is 9.33. The fraction of sp³-hybridized carbons (Fsp3) is 0.444. The van der Waals surface area contributed by atoms with Crippen molar-refractivity contribution in [3.05, 3.63) is 59.4 Å². The van der Waals surface area contributed by atoms with Gasteiger partial charge in [0.15, 0.2) is 11.5 Å². The van der Waals surface area contributed by atoms with Crippen LogP contribution in [0.2, 0.25) is 0 Å². The molecule has 35 heavy (non-hydrogen) atoms. The second-order valence-corrected chi connectivity index (χ2v) is 9.33. The summed E-state index contributed by atoms with van der Waals surface area (Å²) in [6.07, 6.45) is 4.65. The molecule has 188 valence electrons. The molecule has 8 nitrogen and oxygen atoms in total. The molecule has 0 aliphatic carbocycles. The average molecular weight is 482 g/mol. The van der Waals surface area contributed by atoms with Gasteiger partial charge in [-0.15, -0.1) is 0 Å². The quantitative estimate of drug-likeness (QED) is 0.296. The molecule has 2 aromatic rings. The van der Waals surface area contributed by atoms with Crippen LogP contribution < -0.4 is 9.47 Å². The number of rotatable bonds is 11. The van der Waals surface area contributed by atoms with Crippen molar-refractivity contribution in [2.24, 2.45) is 5.92 Å². The lowest BCUT2D eigenvalue weighted by Gasteiger charge is -2.26. The highest BCUT2D eigenvalue weighted by Gasteiger charge is 2.46. The minimum absolute atomic E-state index is 0.0570. The van der Waals surface area contributed by atoms with Crippen molar-refractivity contribution in [1.29, 1.82) is 0 Å². The van der Waals surface area contributed by atoms with Crippen LogP contribution in [0.1, 0.15) is 43.9 Å². The molecule has 1 atom stereocenters. The predicted molar refractivity (Wildman–Crippen MR) is 134 cm³/mol. The Morgan fingerprint density at radius 2 is 1.86 bits per heavy atom. The third-order valence-electron chi connectivity index (χ3n) is 5.95. The third-order valence-corrected chi connectivity index (χ3v) is 5.95. The number of benzene rings is 1. The van der Waals surface area contributed by atoms with Crippen LogP contribution in [0.3, 0.4) is 0 Å². The van der Waals surface area contributed by atoms with Crippen molar-refractivity contribution in [2.75, 3.05) is 40.9 Å². The van der Waals surface area contributed by atoms with Gasteiger partial charge in [0.05, 0.1) is 25.3 Å². The van der Waals surface area contributed by atoms with Gasteiger partial charge in [0.2, 0.25) is 0 Å². The Hall–Kier alpha value is -3.39. The van der Waals surface area contributed by atoms with Crippen LogP contribution in [-0.2, 0) is 9.59 Å². The number of nitrogens with zero attached hydrogens (tertiary/aromatic N) is 3.